The molecule has 3 rings (SSSR count). The molecule has 0 saturated carbocycles. The number of carbonyl (C=O) groups is 1. The SMILES string of the molecule is C=CCn1c(CC)nnc1SCC(=O)Nc1ccccc1SCc1ccc(Cl)cc1. The highest BCUT2D eigenvalue weighted by Crippen LogP contribution is 2.30. The van der Waals surface area contributed by atoms with E-state index in [2.05, 4.69) is 22.1 Å². The van der Waals surface area contributed by atoms with E-state index in [0.29, 0.717) is 6.54 Å². The molecular weight excluding hydrogens is 436 g/mol. The van der Waals surface area contributed by atoms with Gasteiger partial charge in [0.1, 0.15) is 5.82 Å². The first kappa shape index (κ1) is 22.5. The highest BCUT2D eigenvalue weighted by molar-refractivity contribution is 7.99. The van der Waals surface area contributed by atoms with Crippen LogP contribution in [0.2, 0.25) is 5.02 Å². The van der Waals surface area contributed by atoms with Crippen molar-refractivity contribution >= 4 is 46.7 Å². The van der Waals surface area contributed by atoms with Gasteiger partial charge in [-0.2, -0.15) is 0 Å². The number of nitrogens with zero attached hydrogens (tertiary/aromatic N) is 3. The molecule has 30 heavy (non-hydrogen) atoms. The molecule has 1 heterocycles. The number of rotatable bonds is 10. The minimum atomic E-state index is -0.0780. The third kappa shape index (κ3) is 6.14. The van der Waals surface area contributed by atoms with Crippen molar-refractivity contribution in [3.05, 3.63) is 77.6 Å². The molecule has 0 radical (unpaired) electrons. The van der Waals surface area contributed by atoms with Gasteiger partial charge in [-0.1, -0.05) is 60.6 Å². The second-order valence-electron chi connectivity index (χ2n) is 6.40. The lowest BCUT2D eigenvalue weighted by Crippen LogP contribution is -2.15. The maximum absolute atomic E-state index is 12.6. The summed E-state index contributed by atoms with van der Waals surface area (Å²) in [5.41, 5.74) is 1.98. The number of thioether (sulfide) groups is 2. The number of hydrogen-bond acceptors (Lipinski definition) is 5. The highest BCUT2D eigenvalue weighted by Gasteiger charge is 2.13. The van der Waals surface area contributed by atoms with Crippen LogP contribution in [0, 0.1) is 0 Å². The lowest BCUT2D eigenvalue weighted by molar-refractivity contribution is -0.113. The summed E-state index contributed by atoms with van der Waals surface area (Å²) < 4.78 is 1.99. The monoisotopic (exact) mass is 458 g/mol. The summed E-state index contributed by atoms with van der Waals surface area (Å²) in [5, 5.41) is 12.9. The van der Waals surface area contributed by atoms with Crippen molar-refractivity contribution in [2.45, 2.75) is 35.7 Å². The molecule has 0 aliphatic rings. The van der Waals surface area contributed by atoms with Gasteiger partial charge in [0.25, 0.3) is 0 Å². The minimum Gasteiger partial charge on any atom is -0.324 e. The molecule has 0 aliphatic heterocycles. The molecule has 0 aliphatic carbocycles. The van der Waals surface area contributed by atoms with E-state index in [1.165, 1.54) is 17.3 Å². The van der Waals surface area contributed by atoms with Gasteiger partial charge in [-0.3, -0.25) is 4.79 Å². The summed E-state index contributed by atoms with van der Waals surface area (Å²) in [4.78, 5) is 13.6. The Bertz CT molecular complexity index is 1000. The molecule has 8 heteroatoms. The zero-order valence-electron chi connectivity index (χ0n) is 16.7. The summed E-state index contributed by atoms with van der Waals surface area (Å²) in [6.45, 7) is 6.44. The Morgan fingerprint density at radius 1 is 1.17 bits per heavy atom. The summed E-state index contributed by atoms with van der Waals surface area (Å²) in [6.07, 6.45) is 2.59. The number of halogens is 1. The van der Waals surface area contributed by atoms with E-state index in [0.717, 1.165) is 38.8 Å². The number of nitrogens with one attached hydrogen (secondary N) is 1. The van der Waals surface area contributed by atoms with Crippen LogP contribution >= 0.6 is 35.1 Å². The Hall–Kier alpha value is -2.22. The molecule has 2 aromatic carbocycles. The van der Waals surface area contributed by atoms with Gasteiger partial charge in [0.05, 0.1) is 11.4 Å². The summed E-state index contributed by atoms with van der Waals surface area (Å²) in [7, 11) is 0. The van der Waals surface area contributed by atoms with E-state index < -0.39 is 0 Å². The molecular formula is C22H23ClN4OS2. The first-order valence-electron chi connectivity index (χ1n) is 9.52. The predicted molar refractivity (Wildman–Crippen MR) is 126 cm³/mol. The molecule has 1 amide bonds. The molecule has 0 spiro atoms. The molecule has 5 nitrogen and oxygen atoms in total. The Morgan fingerprint density at radius 3 is 2.67 bits per heavy atom. The predicted octanol–water partition coefficient (Wildman–Crippen LogP) is 5.70. The molecule has 0 fully saturated rings. The lowest BCUT2D eigenvalue weighted by Gasteiger charge is -2.11. The van der Waals surface area contributed by atoms with Crippen LogP contribution in [-0.2, 0) is 23.5 Å². The lowest BCUT2D eigenvalue weighted by atomic mass is 10.2. The maximum Gasteiger partial charge on any atom is 0.234 e. The number of amides is 1. The van der Waals surface area contributed by atoms with Gasteiger partial charge in [-0.15, -0.1) is 28.5 Å². The summed E-state index contributed by atoms with van der Waals surface area (Å²) >= 11 is 9.01. The number of aryl methyl sites for hydroxylation is 1. The molecule has 0 saturated heterocycles. The van der Waals surface area contributed by atoms with Crippen LogP contribution in [0.3, 0.4) is 0 Å². The molecule has 1 N–H and O–H groups in total. The zero-order valence-corrected chi connectivity index (χ0v) is 19.1. The fourth-order valence-electron chi connectivity index (χ4n) is 2.75. The van der Waals surface area contributed by atoms with E-state index in [4.69, 9.17) is 11.6 Å². The molecule has 156 valence electrons. The average Bonchev–Trinajstić information content (AvgIpc) is 3.15. The van der Waals surface area contributed by atoms with Crippen LogP contribution in [0.4, 0.5) is 5.69 Å². The Morgan fingerprint density at radius 2 is 1.93 bits per heavy atom. The third-order valence-corrected chi connectivity index (χ3v) is 6.59. The van der Waals surface area contributed by atoms with Crippen molar-refractivity contribution in [3.8, 4) is 0 Å². The summed E-state index contributed by atoms with van der Waals surface area (Å²) in [6, 6.07) is 15.6. The van der Waals surface area contributed by atoms with Crippen LogP contribution in [0.25, 0.3) is 0 Å². The van der Waals surface area contributed by atoms with Gasteiger partial charge in [-0.25, -0.2) is 0 Å². The van der Waals surface area contributed by atoms with Crippen molar-refractivity contribution in [2.24, 2.45) is 0 Å². The fraction of sp³-hybridized carbons (Fsp3) is 0.227. The first-order chi connectivity index (χ1) is 14.6. The molecule has 3 aromatic rings. The highest BCUT2D eigenvalue weighted by atomic mass is 35.5. The third-order valence-electron chi connectivity index (χ3n) is 4.22. The standard InChI is InChI=1S/C22H23ClN4OS2/c1-3-13-27-20(4-2)25-26-22(27)30-15-21(28)24-18-7-5-6-8-19(18)29-14-16-9-11-17(23)12-10-16/h3,5-12H,1,4,13-15H2,2H3,(H,24,28). The number of para-hydroxylation sites is 1. The van der Waals surface area contributed by atoms with E-state index in [-0.39, 0.29) is 11.7 Å². The van der Waals surface area contributed by atoms with Crippen LogP contribution in [0.1, 0.15) is 18.3 Å². The second-order valence-corrected chi connectivity index (χ2v) is 8.80. The van der Waals surface area contributed by atoms with Crippen LogP contribution in [-0.4, -0.2) is 26.4 Å². The van der Waals surface area contributed by atoms with Gasteiger partial charge in [0.15, 0.2) is 5.16 Å². The number of benzene rings is 2. The molecule has 0 atom stereocenters. The van der Waals surface area contributed by atoms with Crippen molar-refractivity contribution < 1.29 is 4.79 Å². The minimum absolute atomic E-state index is 0.0780. The Labute approximate surface area is 190 Å². The van der Waals surface area contributed by atoms with Crippen molar-refractivity contribution in [2.75, 3.05) is 11.1 Å². The Balaban J connectivity index is 1.60. The van der Waals surface area contributed by atoms with Crippen LogP contribution in [0.15, 0.2) is 71.2 Å². The number of carbonyl (C=O) groups excluding carboxylic acids is 1. The summed E-state index contributed by atoms with van der Waals surface area (Å²) in [5.74, 6) is 1.87. The number of hydrogen-bond donors (Lipinski definition) is 1. The maximum atomic E-state index is 12.6. The fourth-order valence-corrected chi connectivity index (χ4v) is 4.61. The van der Waals surface area contributed by atoms with E-state index in [1.54, 1.807) is 17.8 Å². The van der Waals surface area contributed by atoms with Gasteiger partial charge in [0.2, 0.25) is 5.91 Å². The second kappa shape index (κ2) is 11.2. The molecule has 0 unspecified atom stereocenters. The normalized spacial score (nSPS) is 10.7. The smallest absolute Gasteiger partial charge is 0.234 e. The van der Waals surface area contributed by atoms with Crippen molar-refractivity contribution in [3.63, 3.8) is 0 Å². The number of aromatic nitrogens is 3. The van der Waals surface area contributed by atoms with E-state index in [9.17, 15) is 4.79 Å². The zero-order chi connectivity index (χ0) is 21.3. The van der Waals surface area contributed by atoms with Gasteiger partial charge < -0.3 is 9.88 Å². The van der Waals surface area contributed by atoms with Crippen molar-refractivity contribution in [1.29, 1.82) is 0 Å². The van der Waals surface area contributed by atoms with E-state index in [1.807, 2.05) is 60.0 Å². The largest absolute Gasteiger partial charge is 0.324 e. The first-order valence-corrected chi connectivity index (χ1v) is 11.9. The number of anilines is 1. The molecule has 1 aromatic heterocycles. The topological polar surface area (TPSA) is 59.8 Å². The van der Waals surface area contributed by atoms with Gasteiger partial charge in [0, 0.05) is 28.6 Å². The van der Waals surface area contributed by atoms with E-state index >= 15 is 0 Å². The van der Waals surface area contributed by atoms with Gasteiger partial charge >= 0.3 is 0 Å². The van der Waals surface area contributed by atoms with Crippen LogP contribution in [0.5, 0.6) is 0 Å². The van der Waals surface area contributed by atoms with Crippen LogP contribution < -0.4 is 5.32 Å². The number of allylic oxidation sites excluding steroid dienone is 1. The Kier molecular flexibility index (Phi) is 8.42. The molecule has 0 bridgehead atoms. The van der Waals surface area contributed by atoms with Crippen molar-refractivity contribution in [1.82, 2.24) is 14.8 Å². The average molecular weight is 459 g/mol. The van der Waals surface area contributed by atoms with Gasteiger partial charge in [-0.05, 0) is 29.8 Å². The quantitative estimate of drug-likeness (QED) is 0.312.